The largest absolute Gasteiger partial charge is 1.00 e. The van der Waals surface area contributed by atoms with Crippen LogP contribution in [-0.2, 0) is 14.0 Å². The third-order valence-corrected chi connectivity index (χ3v) is 3.71. The molecule has 0 radical (unpaired) electrons. The van der Waals surface area contributed by atoms with Gasteiger partial charge in [0.25, 0.3) is 0 Å². The number of nitrogens with two attached hydrogens (primary N) is 1. The molecule has 122 valence electrons. The molecule has 3 heterocycles. The van der Waals surface area contributed by atoms with Crippen molar-refractivity contribution in [3.8, 4) is 0 Å². The maximum absolute atomic E-state index is 10.8. The number of imidazole rings is 1. The summed E-state index contributed by atoms with van der Waals surface area (Å²) in [5.41, 5.74) is 6.44. The van der Waals surface area contributed by atoms with Crippen LogP contribution in [0.15, 0.2) is 12.7 Å². The van der Waals surface area contributed by atoms with Gasteiger partial charge < -0.3 is 31.5 Å². The van der Waals surface area contributed by atoms with Crippen LogP contribution in [0.2, 0.25) is 0 Å². The first-order valence-corrected chi connectivity index (χ1v) is 8.05. The van der Waals surface area contributed by atoms with E-state index in [1.54, 1.807) is 0 Å². The number of rotatable bonds is 4. The van der Waals surface area contributed by atoms with Gasteiger partial charge >= 0.3 is 37.2 Å². The molecule has 3 atom stereocenters. The average molecular weight is 355 g/mol. The Morgan fingerprint density at radius 3 is 2.91 bits per heavy atom. The van der Waals surface area contributed by atoms with Gasteiger partial charge in [-0.3, -0.25) is 9.13 Å². The molecule has 0 amide bonds. The molecule has 11 nitrogen and oxygen atoms in total. The van der Waals surface area contributed by atoms with E-state index in [1.807, 2.05) is 0 Å². The SMILES string of the molecule is Nc1ncnc2c1ncn2C1OCC(OCP(=O)(O)O)C1O.[H-].[Na+]. The molecule has 2 aromatic rings. The van der Waals surface area contributed by atoms with Gasteiger partial charge in [0.15, 0.2) is 17.7 Å². The Balaban J connectivity index is 0.00000144. The van der Waals surface area contributed by atoms with Crippen molar-refractivity contribution in [2.75, 3.05) is 18.7 Å². The number of anilines is 1. The molecule has 3 rings (SSSR count). The van der Waals surface area contributed by atoms with Crippen LogP contribution >= 0.6 is 7.60 Å². The molecule has 5 N–H and O–H groups in total. The van der Waals surface area contributed by atoms with Gasteiger partial charge in [-0.2, -0.15) is 0 Å². The maximum Gasteiger partial charge on any atom is 1.00 e. The Morgan fingerprint density at radius 2 is 2.22 bits per heavy atom. The van der Waals surface area contributed by atoms with Gasteiger partial charge in [0, 0.05) is 0 Å². The molecule has 1 fully saturated rings. The Morgan fingerprint density at radius 1 is 1.48 bits per heavy atom. The number of fused-ring (bicyclic) bond motifs is 1. The zero-order valence-electron chi connectivity index (χ0n) is 13.2. The van der Waals surface area contributed by atoms with Gasteiger partial charge in [-0.25, -0.2) is 15.0 Å². The minimum atomic E-state index is -4.32. The van der Waals surface area contributed by atoms with Crippen LogP contribution in [-0.4, -0.2) is 59.6 Å². The molecule has 1 aliphatic heterocycles. The van der Waals surface area contributed by atoms with Crippen molar-refractivity contribution in [2.24, 2.45) is 0 Å². The molecule has 0 spiro atoms. The van der Waals surface area contributed by atoms with E-state index in [0.717, 1.165) is 0 Å². The zero-order valence-corrected chi connectivity index (χ0v) is 15.1. The van der Waals surface area contributed by atoms with Gasteiger partial charge in [-0.1, -0.05) is 0 Å². The number of nitrogens with zero attached hydrogens (tertiary/aromatic N) is 4. The Labute approximate surface area is 153 Å². The summed E-state index contributed by atoms with van der Waals surface area (Å²) < 4.78 is 22.7. The van der Waals surface area contributed by atoms with Crippen molar-refractivity contribution < 1.29 is 59.9 Å². The Bertz CT molecular complexity index is 744. The number of aromatic nitrogens is 4. The zero-order chi connectivity index (χ0) is 15.9. The summed E-state index contributed by atoms with van der Waals surface area (Å²) in [4.78, 5) is 29.5. The minimum absolute atomic E-state index is 0. The molecule has 0 aliphatic carbocycles. The fraction of sp³-hybridized carbons (Fsp3) is 0.500. The van der Waals surface area contributed by atoms with E-state index in [9.17, 15) is 9.67 Å². The second-order valence-corrected chi connectivity index (χ2v) is 6.38. The first-order chi connectivity index (χ1) is 10.4. The molecule has 0 bridgehead atoms. The smallest absolute Gasteiger partial charge is 1.00 e. The third kappa shape index (κ3) is 3.90. The summed E-state index contributed by atoms with van der Waals surface area (Å²) in [6.07, 6.45) is -0.978. The van der Waals surface area contributed by atoms with Crippen LogP contribution in [0.5, 0.6) is 0 Å². The number of nitrogen functional groups attached to an aromatic ring is 1. The Kier molecular flexibility index (Phi) is 5.77. The first-order valence-electron chi connectivity index (χ1n) is 6.25. The predicted molar refractivity (Wildman–Crippen MR) is 73.6 cm³/mol. The van der Waals surface area contributed by atoms with Gasteiger partial charge in [-0.05, 0) is 0 Å². The van der Waals surface area contributed by atoms with E-state index in [1.165, 1.54) is 17.2 Å². The van der Waals surface area contributed by atoms with E-state index >= 15 is 0 Å². The van der Waals surface area contributed by atoms with Crippen LogP contribution in [0.25, 0.3) is 11.2 Å². The van der Waals surface area contributed by atoms with Crippen molar-refractivity contribution in [1.29, 1.82) is 0 Å². The standard InChI is InChI=1S/C10H14N5O6P.Na.H/c11-8-6-9(13-2-12-8)15(3-14-6)10-7(16)5(1-20-10)21-4-22(17,18)19;;/h2-3,5,7,10,16H,1,4H2,(H2,11,12,13)(H2,17,18,19);;/q;+1;-1. The number of hydrogen-bond donors (Lipinski definition) is 4. The fourth-order valence-electron chi connectivity index (χ4n) is 2.21. The van der Waals surface area contributed by atoms with E-state index in [2.05, 4.69) is 15.0 Å². The predicted octanol–water partition coefficient (Wildman–Crippen LogP) is -4.06. The molecule has 13 heteroatoms. The van der Waals surface area contributed by atoms with Crippen LogP contribution in [0, 0.1) is 0 Å². The maximum atomic E-state index is 10.8. The summed E-state index contributed by atoms with van der Waals surface area (Å²) >= 11 is 0. The number of aliphatic hydroxyl groups is 1. The molecular formula is C10H15N5NaO6P. The van der Waals surface area contributed by atoms with Crippen molar-refractivity contribution >= 4 is 24.6 Å². The third-order valence-electron chi connectivity index (χ3n) is 3.22. The van der Waals surface area contributed by atoms with Crippen LogP contribution in [0.3, 0.4) is 0 Å². The van der Waals surface area contributed by atoms with Crippen LogP contribution in [0.4, 0.5) is 5.82 Å². The van der Waals surface area contributed by atoms with Gasteiger partial charge in [0.05, 0.1) is 12.9 Å². The average Bonchev–Trinajstić information content (AvgIpc) is 3.00. The van der Waals surface area contributed by atoms with Crippen molar-refractivity contribution in [2.45, 2.75) is 18.4 Å². The molecule has 0 saturated carbocycles. The quantitative estimate of drug-likeness (QED) is 0.313. The van der Waals surface area contributed by atoms with Crippen LogP contribution in [0.1, 0.15) is 7.65 Å². The van der Waals surface area contributed by atoms with Crippen molar-refractivity contribution in [3.05, 3.63) is 12.7 Å². The molecular weight excluding hydrogens is 340 g/mol. The van der Waals surface area contributed by atoms with Gasteiger partial charge in [0.1, 0.15) is 30.4 Å². The topological polar surface area (TPSA) is 166 Å². The molecule has 1 aliphatic rings. The van der Waals surface area contributed by atoms with E-state index in [4.69, 9.17) is 25.0 Å². The van der Waals surface area contributed by atoms with E-state index in [-0.39, 0.29) is 43.4 Å². The number of ether oxygens (including phenoxy) is 2. The summed E-state index contributed by atoms with van der Waals surface area (Å²) in [5.74, 6) is 0.200. The normalized spacial score (nSPS) is 24.7. The van der Waals surface area contributed by atoms with Crippen LogP contribution < -0.4 is 35.3 Å². The first kappa shape index (κ1) is 18.7. The second kappa shape index (κ2) is 7.09. The molecule has 23 heavy (non-hydrogen) atoms. The Hall–Kier alpha value is -0.620. The minimum Gasteiger partial charge on any atom is -1.00 e. The monoisotopic (exact) mass is 355 g/mol. The summed E-state index contributed by atoms with van der Waals surface area (Å²) in [6, 6.07) is 0. The fourth-order valence-corrected chi connectivity index (χ4v) is 2.60. The molecule has 1 saturated heterocycles. The molecule has 2 aromatic heterocycles. The second-order valence-electron chi connectivity index (χ2n) is 4.80. The number of aliphatic hydroxyl groups excluding tert-OH is 1. The summed E-state index contributed by atoms with van der Waals surface area (Å²) in [5, 5.41) is 10.2. The summed E-state index contributed by atoms with van der Waals surface area (Å²) in [6.45, 7) is -0.0218. The van der Waals surface area contributed by atoms with E-state index < -0.39 is 32.4 Å². The van der Waals surface area contributed by atoms with Crippen molar-refractivity contribution in [1.82, 2.24) is 19.5 Å². The van der Waals surface area contributed by atoms with Gasteiger partial charge in [0.2, 0.25) is 0 Å². The van der Waals surface area contributed by atoms with Crippen molar-refractivity contribution in [3.63, 3.8) is 0 Å². The molecule has 3 unspecified atom stereocenters. The summed E-state index contributed by atoms with van der Waals surface area (Å²) in [7, 11) is -4.32. The number of hydrogen-bond acceptors (Lipinski definition) is 8. The van der Waals surface area contributed by atoms with Gasteiger partial charge in [-0.15, -0.1) is 0 Å². The van der Waals surface area contributed by atoms with E-state index in [0.29, 0.717) is 11.2 Å². The molecule has 0 aromatic carbocycles.